The van der Waals surface area contributed by atoms with Crippen LogP contribution in [0.4, 0.5) is 0 Å². The Labute approximate surface area is 128 Å². The van der Waals surface area contributed by atoms with E-state index in [1.165, 1.54) is 0 Å². The summed E-state index contributed by atoms with van der Waals surface area (Å²) in [5.41, 5.74) is 1.06. The maximum Gasteiger partial charge on any atom is 0.120 e. The van der Waals surface area contributed by atoms with Gasteiger partial charge in [-0.2, -0.15) is 0 Å². The lowest BCUT2D eigenvalue weighted by Crippen LogP contribution is -2.10. The molecule has 0 aromatic heterocycles. The molecule has 0 bridgehead atoms. The normalized spacial score (nSPS) is 13.3. The van der Waals surface area contributed by atoms with Crippen molar-refractivity contribution in [2.75, 3.05) is 7.11 Å². The summed E-state index contributed by atoms with van der Waals surface area (Å²) in [6.45, 7) is 6.76. The number of carbonyl (C=O) groups excluding carboxylic acids is 1. The number of ether oxygens (including phenoxy) is 2. The fourth-order valence-corrected chi connectivity index (χ4v) is 1.89. The Morgan fingerprint density at radius 1 is 1.24 bits per heavy atom. The molecule has 116 valence electrons. The summed E-state index contributed by atoms with van der Waals surface area (Å²) in [6, 6.07) is 7.89. The average molecular weight is 290 g/mol. The number of hydrogen-bond donors (Lipinski definition) is 0. The van der Waals surface area contributed by atoms with Gasteiger partial charge < -0.3 is 14.3 Å². The largest absolute Gasteiger partial charge is 0.497 e. The Kier molecular flexibility index (Phi) is 7.17. The molecule has 0 amide bonds. The molecular formula is C18H26O3. The standard InChI is InChI=1S/C18H26O3/c1-15(6-5-11-18(2,3)12-13-19)21-14-16-7-9-17(20-4)10-8-16/h5,7-11,13,15H,6,12,14H2,1-4H3/b11-5+/t15-/m1/s1. The highest BCUT2D eigenvalue weighted by Gasteiger charge is 2.12. The van der Waals surface area contributed by atoms with Gasteiger partial charge in [0.25, 0.3) is 0 Å². The van der Waals surface area contributed by atoms with Crippen molar-refractivity contribution in [2.24, 2.45) is 5.41 Å². The van der Waals surface area contributed by atoms with Gasteiger partial charge in [0, 0.05) is 6.42 Å². The number of allylic oxidation sites excluding steroid dienone is 1. The topological polar surface area (TPSA) is 35.5 Å². The van der Waals surface area contributed by atoms with Gasteiger partial charge in [-0.1, -0.05) is 38.1 Å². The second-order valence-electron chi connectivity index (χ2n) is 5.97. The van der Waals surface area contributed by atoms with Crippen LogP contribution in [0.2, 0.25) is 0 Å². The molecule has 0 aliphatic rings. The SMILES string of the molecule is COc1ccc(CO[C@H](C)C/C=C/C(C)(C)CC=O)cc1. The van der Waals surface area contributed by atoms with Crippen molar-refractivity contribution >= 4 is 6.29 Å². The summed E-state index contributed by atoms with van der Waals surface area (Å²) in [7, 11) is 1.66. The van der Waals surface area contributed by atoms with Gasteiger partial charge in [0.1, 0.15) is 12.0 Å². The Hall–Kier alpha value is -1.61. The highest BCUT2D eigenvalue weighted by molar-refractivity contribution is 5.51. The minimum atomic E-state index is -0.0720. The summed E-state index contributed by atoms with van der Waals surface area (Å²) < 4.78 is 10.9. The molecule has 21 heavy (non-hydrogen) atoms. The highest BCUT2D eigenvalue weighted by Crippen LogP contribution is 2.21. The highest BCUT2D eigenvalue weighted by atomic mass is 16.5. The minimum Gasteiger partial charge on any atom is -0.497 e. The van der Waals surface area contributed by atoms with E-state index in [9.17, 15) is 4.79 Å². The molecule has 0 saturated carbocycles. The number of hydrogen-bond acceptors (Lipinski definition) is 3. The molecule has 0 unspecified atom stereocenters. The second kappa shape index (κ2) is 8.63. The van der Waals surface area contributed by atoms with Crippen LogP contribution in [0.1, 0.15) is 39.2 Å². The van der Waals surface area contributed by atoms with Crippen molar-refractivity contribution in [3.8, 4) is 5.75 Å². The first-order valence-electron chi connectivity index (χ1n) is 7.33. The van der Waals surface area contributed by atoms with E-state index in [4.69, 9.17) is 9.47 Å². The molecule has 0 N–H and O–H groups in total. The van der Waals surface area contributed by atoms with E-state index in [0.29, 0.717) is 13.0 Å². The molecule has 1 rings (SSSR count). The zero-order valence-electron chi connectivity index (χ0n) is 13.5. The molecule has 0 aliphatic carbocycles. The summed E-state index contributed by atoms with van der Waals surface area (Å²) in [5.74, 6) is 0.854. The molecule has 3 nitrogen and oxygen atoms in total. The summed E-state index contributed by atoms with van der Waals surface area (Å²) in [4.78, 5) is 10.6. The average Bonchev–Trinajstić information content (AvgIpc) is 2.45. The van der Waals surface area contributed by atoms with Crippen molar-refractivity contribution in [1.29, 1.82) is 0 Å². The van der Waals surface area contributed by atoms with Crippen LogP contribution < -0.4 is 4.74 Å². The third kappa shape index (κ3) is 7.09. The van der Waals surface area contributed by atoms with Gasteiger partial charge in [-0.15, -0.1) is 0 Å². The van der Waals surface area contributed by atoms with Crippen molar-refractivity contribution < 1.29 is 14.3 Å². The van der Waals surface area contributed by atoms with Crippen LogP contribution in [0.15, 0.2) is 36.4 Å². The summed E-state index contributed by atoms with van der Waals surface area (Å²) in [6.07, 6.45) is 6.70. The van der Waals surface area contributed by atoms with Crippen LogP contribution in [0.5, 0.6) is 5.75 Å². The van der Waals surface area contributed by atoms with Crippen LogP contribution in [-0.4, -0.2) is 19.5 Å². The van der Waals surface area contributed by atoms with E-state index in [-0.39, 0.29) is 11.5 Å². The molecule has 1 atom stereocenters. The number of rotatable bonds is 9. The minimum absolute atomic E-state index is 0.0720. The monoisotopic (exact) mass is 290 g/mol. The smallest absolute Gasteiger partial charge is 0.120 e. The lowest BCUT2D eigenvalue weighted by molar-refractivity contribution is -0.109. The lowest BCUT2D eigenvalue weighted by Gasteiger charge is -2.17. The van der Waals surface area contributed by atoms with Crippen molar-refractivity contribution in [3.05, 3.63) is 42.0 Å². The molecule has 0 heterocycles. The molecule has 0 aliphatic heterocycles. The number of methoxy groups -OCH3 is 1. The van der Waals surface area contributed by atoms with E-state index >= 15 is 0 Å². The molecule has 3 heteroatoms. The predicted molar refractivity (Wildman–Crippen MR) is 85.5 cm³/mol. The van der Waals surface area contributed by atoms with E-state index in [2.05, 4.69) is 32.9 Å². The fraction of sp³-hybridized carbons (Fsp3) is 0.500. The number of carbonyl (C=O) groups is 1. The molecule has 1 aromatic rings. The van der Waals surface area contributed by atoms with E-state index in [1.54, 1.807) is 7.11 Å². The lowest BCUT2D eigenvalue weighted by atomic mass is 9.89. The predicted octanol–water partition coefficient (Wildman–Crippen LogP) is 4.16. The first kappa shape index (κ1) is 17.4. The third-order valence-corrected chi connectivity index (χ3v) is 3.34. The van der Waals surface area contributed by atoms with Crippen LogP contribution >= 0.6 is 0 Å². The molecule has 0 saturated heterocycles. The summed E-state index contributed by atoms with van der Waals surface area (Å²) >= 11 is 0. The number of benzene rings is 1. The Balaban J connectivity index is 2.34. The van der Waals surface area contributed by atoms with Gasteiger partial charge in [0.2, 0.25) is 0 Å². The molecular weight excluding hydrogens is 264 g/mol. The van der Waals surface area contributed by atoms with Gasteiger partial charge in [0.05, 0.1) is 19.8 Å². The summed E-state index contributed by atoms with van der Waals surface area (Å²) in [5, 5.41) is 0. The quantitative estimate of drug-likeness (QED) is 0.506. The van der Waals surface area contributed by atoms with Crippen molar-refractivity contribution in [3.63, 3.8) is 0 Å². The first-order valence-corrected chi connectivity index (χ1v) is 7.33. The van der Waals surface area contributed by atoms with Gasteiger partial charge in [-0.25, -0.2) is 0 Å². The zero-order valence-corrected chi connectivity index (χ0v) is 13.5. The Morgan fingerprint density at radius 3 is 2.48 bits per heavy atom. The van der Waals surface area contributed by atoms with Gasteiger partial charge in [-0.05, 0) is 36.5 Å². The Bertz CT molecular complexity index is 446. The van der Waals surface area contributed by atoms with Gasteiger partial charge >= 0.3 is 0 Å². The van der Waals surface area contributed by atoms with E-state index in [0.717, 1.165) is 24.0 Å². The first-order chi connectivity index (χ1) is 9.96. The van der Waals surface area contributed by atoms with Crippen molar-refractivity contribution in [2.45, 2.75) is 46.3 Å². The third-order valence-electron chi connectivity index (χ3n) is 3.34. The number of aldehydes is 1. The van der Waals surface area contributed by atoms with E-state index < -0.39 is 0 Å². The maximum absolute atomic E-state index is 10.6. The van der Waals surface area contributed by atoms with Crippen molar-refractivity contribution in [1.82, 2.24) is 0 Å². The van der Waals surface area contributed by atoms with Crippen LogP contribution in [-0.2, 0) is 16.1 Å². The van der Waals surface area contributed by atoms with Gasteiger partial charge in [0.15, 0.2) is 0 Å². The van der Waals surface area contributed by atoms with Crippen LogP contribution in [0.25, 0.3) is 0 Å². The molecule has 0 fully saturated rings. The molecule has 0 spiro atoms. The van der Waals surface area contributed by atoms with Gasteiger partial charge in [-0.3, -0.25) is 0 Å². The second-order valence-corrected chi connectivity index (χ2v) is 5.97. The molecule has 1 aromatic carbocycles. The van der Waals surface area contributed by atoms with Crippen LogP contribution in [0.3, 0.4) is 0 Å². The Morgan fingerprint density at radius 2 is 1.90 bits per heavy atom. The zero-order chi connectivity index (χ0) is 15.7. The van der Waals surface area contributed by atoms with Crippen LogP contribution in [0, 0.1) is 5.41 Å². The fourth-order valence-electron chi connectivity index (χ4n) is 1.89. The van der Waals surface area contributed by atoms with E-state index in [1.807, 2.05) is 24.3 Å². The maximum atomic E-state index is 10.6. The molecule has 0 radical (unpaired) electrons.